The number of anilines is 1. The Bertz CT molecular complexity index is 935. The molecule has 1 heterocycles. The number of sulfonamides is 1. The smallest absolute Gasteiger partial charge is 0.246 e. The fraction of sp³-hybridized carbons (Fsp3) is 0.474. The van der Waals surface area contributed by atoms with Crippen LogP contribution in [0.1, 0.15) is 38.1 Å². The van der Waals surface area contributed by atoms with E-state index < -0.39 is 21.7 Å². The highest BCUT2D eigenvalue weighted by atomic mass is 32.2. The van der Waals surface area contributed by atoms with Crippen LogP contribution in [0.5, 0.6) is 0 Å². The molecule has 0 saturated heterocycles. The maximum atomic E-state index is 13.3. The number of carbonyl (C=O) groups excluding carboxylic acids is 1. The largest absolute Gasteiger partial charge is 0.324 e. The number of aryl methyl sites for hydroxylation is 1. The first kappa shape index (κ1) is 22.0. The second-order valence-corrected chi connectivity index (χ2v) is 8.49. The summed E-state index contributed by atoms with van der Waals surface area (Å²) < 4.78 is 42.3. The Morgan fingerprint density at radius 1 is 1.21 bits per heavy atom. The number of carbonyl (C=O) groups is 1. The predicted octanol–water partition coefficient (Wildman–Crippen LogP) is 3.09. The van der Waals surface area contributed by atoms with Gasteiger partial charge in [-0.15, -0.1) is 0 Å². The summed E-state index contributed by atoms with van der Waals surface area (Å²) in [5.74, 6) is -0.872. The van der Waals surface area contributed by atoms with E-state index in [4.69, 9.17) is 0 Å². The van der Waals surface area contributed by atoms with Gasteiger partial charge in [-0.05, 0) is 44.9 Å². The van der Waals surface area contributed by atoms with Gasteiger partial charge in [0.05, 0.1) is 11.4 Å². The van der Waals surface area contributed by atoms with Crippen molar-refractivity contribution in [2.75, 3.05) is 18.4 Å². The fourth-order valence-corrected chi connectivity index (χ4v) is 5.09. The van der Waals surface area contributed by atoms with E-state index in [9.17, 15) is 17.6 Å². The van der Waals surface area contributed by atoms with Crippen molar-refractivity contribution < 1.29 is 17.6 Å². The molecule has 154 valence electrons. The molecule has 2 aromatic rings. The first-order valence-electron chi connectivity index (χ1n) is 9.30. The molecule has 1 N–H and O–H groups in total. The molecule has 7 nitrogen and oxygen atoms in total. The van der Waals surface area contributed by atoms with Crippen molar-refractivity contribution in [3.8, 4) is 0 Å². The van der Waals surface area contributed by atoms with Crippen LogP contribution in [0.3, 0.4) is 0 Å². The summed E-state index contributed by atoms with van der Waals surface area (Å²) in [6.45, 7) is 7.81. The summed E-state index contributed by atoms with van der Waals surface area (Å²) in [4.78, 5) is 12.4. The molecular formula is C19H27FN4O3S. The Morgan fingerprint density at radius 3 is 2.43 bits per heavy atom. The molecule has 0 spiro atoms. The summed E-state index contributed by atoms with van der Waals surface area (Å²) in [6, 6.07) is 5.56. The van der Waals surface area contributed by atoms with E-state index in [1.54, 1.807) is 19.9 Å². The molecule has 0 bridgehead atoms. The van der Waals surface area contributed by atoms with Crippen molar-refractivity contribution in [2.45, 2.75) is 52.0 Å². The Morgan fingerprint density at radius 2 is 1.86 bits per heavy atom. The molecule has 1 amide bonds. The van der Waals surface area contributed by atoms with Crippen LogP contribution in [0, 0.1) is 19.7 Å². The lowest BCUT2D eigenvalue weighted by molar-refractivity contribution is -0.116. The van der Waals surface area contributed by atoms with Crippen LogP contribution >= 0.6 is 0 Å². The molecule has 2 rings (SSSR count). The molecule has 0 aliphatic carbocycles. The van der Waals surface area contributed by atoms with Gasteiger partial charge >= 0.3 is 0 Å². The maximum absolute atomic E-state index is 13.3. The number of hydrogen-bond donors (Lipinski definition) is 1. The van der Waals surface area contributed by atoms with Gasteiger partial charge in [0.1, 0.15) is 17.3 Å². The molecule has 0 saturated carbocycles. The van der Waals surface area contributed by atoms with Gasteiger partial charge in [0, 0.05) is 18.8 Å². The zero-order valence-electron chi connectivity index (χ0n) is 16.7. The third-order valence-electron chi connectivity index (χ3n) is 4.26. The topological polar surface area (TPSA) is 84.3 Å². The SMILES string of the molecule is CCCN(CCC)S(=O)(=O)c1c(C)nn(CC(=O)Nc2cccc(F)c2)c1C. The van der Waals surface area contributed by atoms with E-state index in [1.165, 1.54) is 27.2 Å². The standard InChI is InChI=1S/C19H27FN4O3S/c1-5-10-23(11-6-2)28(26,27)19-14(3)22-24(15(19)4)13-18(25)21-17-9-7-8-16(20)12-17/h7-9,12H,5-6,10-11,13H2,1-4H3,(H,21,25). The zero-order chi connectivity index (χ0) is 20.9. The zero-order valence-corrected chi connectivity index (χ0v) is 17.5. The molecule has 9 heteroatoms. The van der Waals surface area contributed by atoms with Crippen molar-refractivity contribution in [3.63, 3.8) is 0 Å². The first-order chi connectivity index (χ1) is 13.2. The van der Waals surface area contributed by atoms with Gasteiger partial charge in [0.2, 0.25) is 15.9 Å². The number of hydrogen-bond acceptors (Lipinski definition) is 4. The summed E-state index contributed by atoms with van der Waals surface area (Å²) in [5, 5.41) is 6.84. The van der Waals surface area contributed by atoms with Gasteiger partial charge in [0.15, 0.2) is 0 Å². The highest BCUT2D eigenvalue weighted by molar-refractivity contribution is 7.89. The van der Waals surface area contributed by atoms with Crippen LogP contribution in [-0.4, -0.2) is 41.5 Å². The second-order valence-electron chi connectivity index (χ2n) is 6.62. The van der Waals surface area contributed by atoms with Crippen LogP contribution in [0.25, 0.3) is 0 Å². The molecule has 0 unspecified atom stereocenters. The minimum absolute atomic E-state index is 0.146. The minimum atomic E-state index is -3.70. The summed E-state index contributed by atoms with van der Waals surface area (Å²) in [5.41, 5.74) is 1.09. The number of rotatable bonds is 9. The third-order valence-corrected chi connectivity index (χ3v) is 6.41. The maximum Gasteiger partial charge on any atom is 0.246 e. The van der Waals surface area contributed by atoms with Crippen LogP contribution in [-0.2, 0) is 21.4 Å². The lowest BCUT2D eigenvalue weighted by Gasteiger charge is -2.21. The number of benzene rings is 1. The van der Waals surface area contributed by atoms with E-state index in [0.717, 1.165) is 0 Å². The van der Waals surface area contributed by atoms with Crippen LogP contribution < -0.4 is 5.32 Å². The molecule has 1 aromatic carbocycles. The van der Waals surface area contributed by atoms with Crippen LogP contribution in [0.2, 0.25) is 0 Å². The average molecular weight is 411 g/mol. The average Bonchev–Trinajstić information content (AvgIpc) is 2.88. The van der Waals surface area contributed by atoms with Gasteiger partial charge in [-0.3, -0.25) is 9.48 Å². The van der Waals surface area contributed by atoms with E-state index >= 15 is 0 Å². The Kier molecular flexibility index (Phi) is 7.31. The lowest BCUT2D eigenvalue weighted by Crippen LogP contribution is -2.33. The van der Waals surface area contributed by atoms with Crippen molar-refractivity contribution in [2.24, 2.45) is 0 Å². The van der Waals surface area contributed by atoms with Gasteiger partial charge in [-0.2, -0.15) is 9.40 Å². The molecule has 28 heavy (non-hydrogen) atoms. The minimum Gasteiger partial charge on any atom is -0.324 e. The normalized spacial score (nSPS) is 11.8. The number of amides is 1. The second kappa shape index (κ2) is 9.29. The lowest BCUT2D eigenvalue weighted by atomic mass is 10.3. The molecule has 1 aromatic heterocycles. The molecule has 0 aliphatic rings. The van der Waals surface area contributed by atoms with Crippen LogP contribution in [0.4, 0.5) is 10.1 Å². The highest BCUT2D eigenvalue weighted by Crippen LogP contribution is 2.24. The summed E-state index contributed by atoms with van der Waals surface area (Å²) in [6.07, 6.45) is 1.42. The number of nitrogens with one attached hydrogen (secondary N) is 1. The Balaban J connectivity index is 2.26. The van der Waals surface area contributed by atoms with Gasteiger partial charge < -0.3 is 5.32 Å². The molecule has 0 radical (unpaired) electrons. The quantitative estimate of drug-likeness (QED) is 0.688. The molecule has 0 aliphatic heterocycles. The third kappa shape index (κ3) is 4.96. The van der Waals surface area contributed by atoms with Crippen molar-refractivity contribution in [3.05, 3.63) is 41.5 Å². The Labute approximate surface area is 165 Å². The van der Waals surface area contributed by atoms with E-state index in [-0.39, 0.29) is 11.4 Å². The first-order valence-corrected chi connectivity index (χ1v) is 10.7. The van der Waals surface area contributed by atoms with Gasteiger partial charge in [-0.25, -0.2) is 12.8 Å². The number of nitrogens with zero attached hydrogens (tertiary/aromatic N) is 3. The fourth-order valence-electron chi connectivity index (χ4n) is 3.09. The highest BCUT2D eigenvalue weighted by Gasteiger charge is 2.30. The van der Waals surface area contributed by atoms with Gasteiger partial charge in [-0.1, -0.05) is 19.9 Å². The number of aromatic nitrogens is 2. The summed E-state index contributed by atoms with van der Waals surface area (Å²) >= 11 is 0. The van der Waals surface area contributed by atoms with E-state index in [2.05, 4.69) is 10.4 Å². The predicted molar refractivity (Wildman–Crippen MR) is 106 cm³/mol. The van der Waals surface area contributed by atoms with Crippen LogP contribution in [0.15, 0.2) is 29.2 Å². The molecule has 0 atom stereocenters. The van der Waals surface area contributed by atoms with E-state index in [0.29, 0.717) is 43.0 Å². The number of halogens is 1. The molecule has 0 fully saturated rings. The van der Waals surface area contributed by atoms with Crippen molar-refractivity contribution in [1.29, 1.82) is 0 Å². The Hall–Kier alpha value is -2.26. The van der Waals surface area contributed by atoms with Gasteiger partial charge in [0.25, 0.3) is 0 Å². The van der Waals surface area contributed by atoms with Crippen molar-refractivity contribution >= 4 is 21.6 Å². The van der Waals surface area contributed by atoms with Crippen molar-refractivity contribution in [1.82, 2.24) is 14.1 Å². The summed E-state index contributed by atoms with van der Waals surface area (Å²) in [7, 11) is -3.70. The van der Waals surface area contributed by atoms with E-state index in [1.807, 2.05) is 13.8 Å². The molecular weight excluding hydrogens is 383 g/mol. The monoisotopic (exact) mass is 410 g/mol.